The fourth-order valence-electron chi connectivity index (χ4n) is 2.71. The monoisotopic (exact) mass is 350 g/mol. The first-order valence-corrected chi connectivity index (χ1v) is 8.88. The average Bonchev–Trinajstić information content (AvgIpc) is 2.98. The highest BCUT2D eigenvalue weighted by molar-refractivity contribution is 7.17. The van der Waals surface area contributed by atoms with E-state index >= 15 is 0 Å². The number of aromatic nitrogens is 3. The molecule has 0 aliphatic carbocycles. The molecule has 1 aliphatic rings. The number of nitrogens with one attached hydrogen (secondary N) is 1. The van der Waals surface area contributed by atoms with E-state index in [-0.39, 0.29) is 0 Å². The maximum Gasteiger partial charge on any atom is 0.181 e. The molecular formula is C18H18N6S. The van der Waals surface area contributed by atoms with Gasteiger partial charge in [-0.15, -0.1) is 11.3 Å². The third kappa shape index (κ3) is 2.98. The van der Waals surface area contributed by atoms with Crippen LogP contribution in [0.1, 0.15) is 11.3 Å². The first kappa shape index (κ1) is 15.7. The summed E-state index contributed by atoms with van der Waals surface area (Å²) in [4.78, 5) is 21.3. The molecule has 0 amide bonds. The second-order valence-corrected chi connectivity index (χ2v) is 6.86. The minimum atomic E-state index is 0.627. The summed E-state index contributed by atoms with van der Waals surface area (Å²) in [5.74, 6) is 2.40. The van der Waals surface area contributed by atoms with Crippen molar-refractivity contribution < 1.29 is 0 Å². The quantitative estimate of drug-likeness (QED) is 0.782. The zero-order valence-electron chi connectivity index (χ0n) is 14.3. The first-order chi connectivity index (χ1) is 12.1. The van der Waals surface area contributed by atoms with Gasteiger partial charge >= 0.3 is 0 Å². The number of pyridine rings is 1. The van der Waals surface area contributed by atoms with E-state index in [2.05, 4.69) is 27.6 Å². The zero-order chi connectivity index (χ0) is 17.4. The van der Waals surface area contributed by atoms with Crippen LogP contribution in [-0.2, 0) is 0 Å². The Kier molecular flexibility index (Phi) is 3.93. The van der Waals surface area contributed by atoms with Crippen molar-refractivity contribution in [2.45, 2.75) is 13.8 Å². The highest BCUT2D eigenvalue weighted by Gasteiger charge is 2.16. The van der Waals surface area contributed by atoms with Crippen LogP contribution in [0.25, 0.3) is 21.7 Å². The van der Waals surface area contributed by atoms with Gasteiger partial charge in [0.1, 0.15) is 28.8 Å². The Hall–Kier alpha value is -2.80. The molecule has 0 radical (unpaired) electrons. The van der Waals surface area contributed by atoms with Gasteiger partial charge in [0, 0.05) is 19.0 Å². The summed E-state index contributed by atoms with van der Waals surface area (Å²) < 4.78 is 0. The molecule has 0 fully saturated rings. The van der Waals surface area contributed by atoms with Crippen molar-refractivity contribution in [1.82, 2.24) is 19.9 Å². The molecule has 0 aromatic carbocycles. The maximum absolute atomic E-state index is 4.78. The predicted molar refractivity (Wildman–Crippen MR) is 103 cm³/mol. The molecule has 3 aromatic rings. The maximum atomic E-state index is 4.78. The zero-order valence-corrected chi connectivity index (χ0v) is 15.1. The summed E-state index contributed by atoms with van der Waals surface area (Å²) in [7, 11) is 2.00. The molecule has 1 N–H and O–H groups in total. The van der Waals surface area contributed by atoms with E-state index < -0.39 is 0 Å². The largest absolute Gasteiger partial charge is 0.342 e. The van der Waals surface area contributed by atoms with Crippen LogP contribution in [0.4, 0.5) is 5.82 Å². The Morgan fingerprint density at radius 1 is 1.16 bits per heavy atom. The van der Waals surface area contributed by atoms with E-state index in [4.69, 9.17) is 9.97 Å². The van der Waals surface area contributed by atoms with Crippen molar-refractivity contribution in [3.05, 3.63) is 46.7 Å². The van der Waals surface area contributed by atoms with Gasteiger partial charge in [-0.05, 0) is 43.0 Å². The van der Waals surface area contributed by atoms with Crippen LogP contribution in [0, 0.1) is 13.8 Å². The lowest BCUT2D eigenvalue weighted by atomic mass is 10.2. The number of nitrogens with zero attached hydrogens (tertiary/aromatic N) is 5. The van der Waals surface area contributed by atoms with E-state index in [1.807, 2.05) is 49.4 Å². The topological polar surface area (TPSA) is 66.3 Å². The van der Waals surface area contributed by atoms with Crippen molar-refractivity contribution in [3.8, 4) is 11.5 Å². The van der Waals surface area contributed by atoms with Crippen molar-refractivity contribution in [3.63, 3.8) is 0 Å². The van der Waals surface area contributed by atoms with Gasteiger partial charge in [-0.1, -0.05) is 6.07 Å². The van der Waals surface area contributed by atoms with Gasteiger partial charge in [-0.3, -0.25) is 4.99 Å². The highest BCUT2D eigenvalue weighted by Crippen LogP contribution is 2.32. The van der Waals surface area contributed by atoms with Gasteiger partial charge in [0.05, 0.1) is 5.39 Å². The summed E-state index contributed by atoms with van der Waals surface area (Å²) >= 11 is 1.63. The Labute approximate surface area is 150 Å². The number of thiophene rings is 1. The minimum absolute atomic E-state index is 0.627. The Morgan fingerprint density at radius 3 is 2.84 bits per heavy atom. The number of aryl methyl sites for hydroxylation is 2. The fourth-order valence-corrected chi connectivity index (χ4v) is 3.63. The number of allylic oxidation sites excluding steroid dienone is 1. The molecule has 6 nitrogen and oxygen atoms in total. The number of hydrogen-bond acceptors (Lipinski definition) is 7. The van der Waals surface area contributed by atoms with Crippen LogP contribution in [0.5, 0.6) is 0 Å². The Morgan fingerprint density at radius 2 is 2.04 bits per heavy atom. The van der Waals surface area contributed by atoms with Gasteiger partial charge in [0.15, 0.2) is 5.82 Å². The lowest BCUT2D eigenvalue weighted by Gasteiger charge is -2.24. The van der Waals surface area contributed by atoms with Crippen molar-refractivity contribution >= 4 is 33.6 Å². The number of rotatable bonds is 3. The molecule has 7 heteroatoms. The molecular weight excluding hydrogens is 332 g/mol. The smallest absolute Gasteiger partial charge is 0.181 e. The van der Waals surface area contributed by atoms with E-state index in [1.165, 1.54) is 5.56 Å². The molecule has 1 aliphatic heterocycles. The fraction of sp³-hybridized carbons (Fsp3) is 0.222. The normalized spacial score (nSPS) is 14.0. The minimum Gasteiger partial charge on any atom is -0.342 e. The number of aliphatic imine (C=N–C) groups is 1. The van der Waals surface area contributed by atoms with Crippen molar-refractivity contribution in [1.29, 1.82) is 0 Å². The number of hydrogen-bond donors (Lipinski definition) is 1. The predicted octanol–water partition coefficient (Wildman–Crippen LogP) is 3.60. The van der Waals surface area contributed by atoms with Crippen molar-refractivity contribution in [2.75, 3.05) is 19.0 Å². The first-order valence-electron chi connectivity index (χ1n) is 8.00. The molecule has 25 heavy (non-hydrogen) atoms. The van der Waals surface area contributed by atoms with Gasteiger partial charge in [0.2, 0.25) is 0 Å². The van der Waals surface area contributed by atoms with E-state index in [0.717, 1.165) is 33.2 Å². The van der Waals surface area contributed by atoms with E-state index in [1.54, 1.807) is 11.3 Å². The number of anilines is 1. The van der Waals surface area contributed by atoms with Crippen LogP contribution in [-0.4, -0.2) is 39.8 Å². The highest BCUT2D eigenvalue weighted by atomic mass is 32.1. The molecule has 4 rings (SSSR count). The lowest BCUT2D eigenvalue weighted by Crippen LogP contribution is -2.26. The van der Waals surface area contributed by atoms with Crippen LogP contribution in [0.15, 0.2) is 40.5 Å². The molecule has 0 saturated heterocycles. The third-order valence-electron chi connectivity index (χ3n) is 4.02. The van der Waals surface area contributed by atoms with Gasteiger partial charge < -0.3 is 10.2 Å². The lowest BCUT2D eigenvalue weighted by molar-refractivity contribution is 0.433. The molecule has 3 aromatic heterocycles. The SMILES string of the molecule is Cc1cccc(-c2nc(NC3=CC=NCN3C)c3c(C)csc3n2)n1. The Balaban J connectivity index is 1.85. The Bertz CT molecular complexity index is 1000. The standard InChI is InChI=1S/C18H18N6S/c1-11-9-25-18-15(11)17(21-14-7-8-19-10-24(14)3)22-16(23-18)13-6-4-5-12(2)20-13/h4-9H,10H2,1-3H3,(H,21,22,23). The molecule has 126 valence electrons. The van der Waals surface area contributed by atoms with Crippen LogP contribution < -0.4 is 5.32 Å². The van der Waals surface area contributed by atoms with E-state index in [0.29, 0.717) is 12.5 Å². The van der Waals surface area contributed by atoms with Crippen molar-refractivity contribution in [2.24, 2.45) is 4.99 Å². The van der Waals surface area contributed by atoms with Gasteiger partial charge in [-0.2, -0.15) is 0 Å². The summed E-state index contributed by atoms with van der Waals surface area (Å²) in [5, 5.41) is 6.61. The second-order valence-electron chi connectivity index (χ2n) is 6.01. The van der Waals surface area contributed by atoms with Gasteiger partial charge in [0.25, 0.3) is 0 Å². The molecule has 0 atom stereocenters. The second kappa shape index (κ2) is 6.25. The third-order valence-corrected chi connectivity index (χ3v) is 5.01. The summed E-state index contributed by atoms with van der Waals surface area (Å²) in [6.07, 6.45) is 3.76. The number of fused-ring (bicyclic) bond motifs is 1. The summed E-state index contributed by atoms with van der Waals surface area (Å²) in [5.41, 5.74) is 2.89. The average molecular weight is 350 g/mol. The molecule has 0 unspecified atom stereocenters. The van der Waals surface area contributed by atoms with Crippen LogP contribution in [0.3, 0.4) is 0 Å². The van der Waals surface area contributed by atoms with Crippen LogP contribution >= 0.6 is 11.3 Å². The molecule has 0 bridgehead atoms. The molecule has 0 saturated carbocycles. The summed E-state index contributed by atoms with van der Waals surface area (Å²) in [6.45, 7) is 4.68. The van der Waals surface area contributed by atoms with E-state index in [9.17, 15) is 0 Å². The van der Waals surface area contributed by atoms with Gasteiger partial charge in [-0.25, -0.2) is 15.0 Å². The summed E-state index contributed by atoms with van der Waals surface area (Å²) in [6, 6.07) is 5.89. The van der Waals surface area contributed by atoms with Crippen LogP contribution in [0.2, 0.25) is 0 Å². The molecule has 4 heterocycles. The molecule has 0 spiro atoms.